The molecule has 1 aliphatic rings. The first kappa shape index (κ1) is 12.0. The lowest BCUT2D eigenvalue weighted by Gasteiger charge is -2.38. The van der Waals surface area contributed by atoms with Crippen LogP contribution >= 0.6 is 0 Å². The molecule has 0 aromatic rings. The second-order valence-corrected chi connectivity index (χ2v) is 5.28. The van der Waals surface area contributed by atoms with Gasteiger partial charge in [0.15, 0.2) is 0 Å². The van der Waals surface area contributed by atoms with Crippen LogP contribution in [0.4, 0.5) is 0 Å². The standard InChI is InChI=1S/C13H27N/c1-11(2)14(12(3)4)13-9-7-5-6-8-10-13/h11-13H,5-10H2,1-4H3. The van der Waals surface area contributed by atoms with Crippen molar-refractivity contribution in [1.82, 2.24) is 4.90 Å². The minimum Gasteiger partial charge on any atom is -0.296 e. The zero-order valence-electron chi connectivity index (χ0n) is 10.4. The Hall–Kier alpha value is -0.0400. The van der Waals surface area contributed by atoms with E-state index in [9.17, 15) is 0 Å². The number of hydrogen-bond donors (Lipinski definition) is 0. The van der Waals surface area contributed by atoms with Gasteiger partial charge in [0, 0.05) is 18.1 Å². The summed E-state index contributed by atoms with van der Waals surface area (Å²) < 4.78 is 0. The lowest BCUT2D eigenvalue weighted by Crippen LogP contribution is -2.44. The van der Waals surface area contributed by atoms with E-state index in [1.165, 1.54) is 38.5 Å². The summed E-state index contributed by atoms with van der Waals surface area (Å²) in [5.41, 5.74) is 0. The third-order valence-corrected chi connectivity index (χ3v) is 3.44. The second kappa shape index (κ2) is 5.75. The molecule has 1 nitrogen and oxygen atoms in total. The van der Waals surface area contributed by atoms with Gasteiger partial charge in [-0.05, 0) is 40.5 Å². The highest BCUT2D eigenvalue weighted by Crippen LogP contribution is 2.24. The van der Waals surface area contributed by atoms with Crippen LogP contribution < -0.4 is 0 Å². The van der Waals surface area contributed by atoms with Gasteiger partial charge in [-0.15, -0.1) is 0 Å². The number of rotatable bonds is 3. The molecule has 0 saturated heterocycles. The quantitative estimate of drug-likeness (QED) is 0.622. The van der Waals surface area contributed by atoms with Crippen LogP contribution in [0, 0.1) is 0 Å². The van der Waals surface area contributed by atoms with Gasteiger partial charge >= 0.3 is 0 Å². The SMILES string of the molecule is CC(C)N(C(C)C)C1CCCCCC1. The van der Waals surface area contributed by atoms with E-state index in [1.54, 1.807) is 0 Å². The molecule has 0 unspecified atom stereocenters. The van der Waals surface area contributed by atoms with Crippen molar-refractivity contribution in [1.29, 1.82) is 0 Å². The third kappa shape index (κ3) is 3.27. The van der Waals surface area contributed by atoms with E-state index >= 15 is 0 Å². The van der Waals surface area contributed by atoms with Gasteiger partial charge in [0.2, 0.25) is 0 Å². The lowest BCUT2D eigenvalue weighted by molar-refractivity contribution is 0.101. The first-order valence-electron chi connectivity index (χ1n) is 6.40. The van der Waals surface area contributed by atoms with Crippen LogP contribution in [0.2, 0.25) is 0 Å². The van der Waals surface area contributed by atoms with Gasteiger partial charge in [0.1, 0.15) is 0 Å². The Labute approximate surface area is 89.9 Å². The largest absolute Gasteiger partial charge is 0.296 e. The maximum absolute atomic E-state index is 2.71. The van der Waals surface area contributed by atoms with Gasteiger partial charge in [-0.1, -0.05) is 25.7 Å². The highest BCUT2D eigenvalue weighted by molar-refractivity contribution is 4.79. The molecule has 1 rings (SSSR count). The van der Waals surface area contributed by atoms with Crippen LogP contribution in [0.3, 0.4) is 0 Å². The molecule has 0 atom stereocenters. The zero-order chi connectivity index (χ0) is 10.6. The Kier molecular flexibility index (Phi) is 4.94. The molecule has 0 aromatic heterocycles. The Morgan fingerprint density at radius 3 is 1.57 bits per heavy atom. The summed E-state index contributed by atoms with van der Waals surface area (Å²) in [6.45, 7) is 9.35. The topological polar surface area (TPSA) is 3.24 Å². The number of nitrogens with zero attached hydrogens (tertiary/aromatic N) is 1. The summed E-state index contributed by atoms with van der Waals surface area (Å²) in [7, 11) is 0. The van der Waals surface area contributed by atoms with E-state index in [0.29, 0.717) is 12.1 Å². The molecule has 0 aromatic carbocycles. The van der Waals surface area contributed by atoms with E-state index in [2.05, 4.69) is 32.6 Å². The van der Waals surface area contributed by atoms with Crippen molar-refractivity contribution < 1.29 is 0 Å². The van der Waals surface area contributed by atoms with Crippen molar-refractivity contribution in [2.45, 2.75) is 84.3 Å². The van der Waals surface area contributed by atoms with Gasteiger partial charge in [-0.3, -0.25) is 4.90 Å². The van der Waals surface area contributed by atoms with Gasteiger partial charge in [-0.2, -0.15) is 0 Å². The maximum atomic E-state index is 2.71. The molecule has 1 aliphatic carbocycles. The molecule has 84 valence electrons. The van der Waals surface area contributed by atoms with Gasteiger partial charge in [0.05, 0.1) is 0 Å². The van der Waals surface area contributed by atoms with Crippen molar-refractivity contribution in [2.75, 3.05) is 0 Å². The van der Waals surface area contributed by atoms with E-state index in [4.69, 9.17) is 0 Å². The molecule has 14 heavy (non-hydrogen) atoms. The molecular weight excluding hydrogens is 170 g/mol. The summed E-state index contributed by atoms with van der Waals surface area (Å²) in [6, 6.07) is 2.27. The predicted octanol–water partition coefficient (Wildman–Crippen LogP) is 3.83. The molecule has 0 spiro atoms. The average molecular weight is 197 g/mol. The van der Waals surface area contributed by atoms with E-state index in [0.717, 1.165) is 6.04 Å². The molecule has 0 heterocycles. The molecule has 0 aliphatic heterocycles. The molecule has 1 fully saturated rings. The van der Waals surface area contributed by atoms with Gasteiger partial charge < -0.3 is 0 Å². The molecule has 1 saturated carbocycles. The monoisotopic (exact) mass is 197 g/mol. The first-order valence-corrected chi connectivity index (χ1v) is 6.40. The van der Waals surface area contributed by atoms with Crippen LogP contribution in [0.1, 0.15) is 66.2 Å². The Morgan fingerprint density at radius 1 is 0.786 bits per heavy atom. The minimum absolute atomic E-state index is 0.707. The van der Waals surface area contributed by atoms with Crippen LogP contribution in [0.5, 0.6) is 0 Å². The molecular formula is C13H27N. The molecule has 0 radical (unpaired) electrons. The van der Waals surface area contributed by atoms with Crippen LogP contribution in [-0.2, 0) is 0 Å². The lowest BCUT2D eigenvalue weighted by atomic mass is 10.0. The van der Waals surface area contributed by atoms with Crippen LogP contribution in [-0.4, -0.2) is 23.0 Å². The average Bonchev–Trinajstić information content (AvgIpc) is 2.31. The zero-order valence-corrected chi connectivity index (χ0v) is 10.4. The summed E-state index contributed by atoms with van der Waals surface area (Å²) in [5.74, 6) is 0. The summed E-state index contributed by atoms with van der Waals surface area (Å²) in [4.78, 5) is 2.71. The highest BCUT2D eigenvalue weighted by Gasteiger charge is 2.24. The highest BCUT2D eigenvalue weighted by atomic mass is 15.2. The fourth-order valence-corrected chi connectivity index (χ4v) is 3.00. The second-order valence-electron chi connectivity index (χ2n) is 5.28. The van der Waals surface area contributed by atoms with Crippen molar-refractivity contribution in [3.8, 4) is 0 Å². The Bertz CT molecular complexity index is 135. The van der Waals surface area contributed by atoms with Crippen LogP contribution in [0.15, 0.2) is 0 Å². The normalized spacial score (nSPS) is 20.8. The third-order valence-electron chi connectivity index (χ3n) is 3.44. The van der Waals surface area contributed by atoms with Crippen molar-refractivity contribution >= 4 is 0 Å². The molecule has 0 amide bonds. The Balaban J connectivity index is 2.56. The van der Waals surface area contributed by atoms with Gasteiger partial charge in [-0.25, -0.2) is 0 Å². The first-order chi connectivity index (χ1) is 6.63. The van der Waals surface area contributed by atoms with Crippen LogP contribution in [0.25, 0.3) is 0 Å². The van der Waals surface area contributed by atoms with Crippen molar-refractivity contribution in [2.24, 2.45) is 0 Å². The Morgan fingerprint density at radius 2 is 1.21 bits per heavy atom. The molecule has 0 bridgehead atoms. The fraction of sp³-hybridized carbons (Fsp3) is 1.00. The number of hydrogen-bond acceptors (Lipinski definition) is 1. The van der Waals surface area contributed by atoms with E-state index in [-0.39, 0.29) is 0 Å². The summed E-state index contributed by atoms with van der Waals surface area (Å²) >= 11 is 0. The maximum Gasteiger partial charge on any atom is 0.0101 e. The van der Waals surface area contributed by atoms with Crippen molar-refractivity contribution in [3.05, 3.63) is 0 Å². The van der Waals surface area contributed by atoms with Crippen molar-refractivity contribution in [3.63, 3.8) is 0 Å². The summed E-state index contributed by atoms with van der Waals surface area (Å²) in [5, 5.41) is 0. The smallest absolute Gasteiger partial charge is 0.0101 e. The van der Waals surface area contributed by atoms with E-state index in [1.807, 2.05) is 0 Å². The predicted molar refractivity (Wildman–Crippen MR) is 63.6 cm³/mol. The fourth-order valence-electron chi connectivity index (χ4n) is 3.00. The van der Waals surface area contributed by atoms with Gasteiger partial charge in [0.25, 0.3) is 0 Å². The summed E-state index contributed by atoms with van der Waals surface area (Å²) in [6.07, 6.45) is 8.66. The van der Waals surface area contributed by atoms with E-state index < -0.39 is 0 Å². The molecule has 1 heteroatoms. The molecule has 0 N–H and O–H groups in total. The minimum atomic E-state index is 0.707.